The van der Waals surface area contributed by atoms with Gasteiger partial charge in [-0.3, -0.25) is 4.90 Å². The third-order valence-corrected chi connectivity index (χ3v) is 9.36. The second-order valence-electron chi connectivity index (χ2n) is 11.8. The molecule has 0 aliphatic carbocycles. The van der Waals surface area contributed by atoms with Crippen LogP contribution in [0.15, 0.2) is 48.9 Å². The molecule has 7 heteroatoms. The van der Waals surface area contributed by atoms with Gasteiger partial charge in [-0.2, -0.15) is 0 Å². The van der Waals surface area contributed by atoms with Gasteiger partial charge in [-0.25, -0.2) is 9.97 Å². The van der Waals surface area contributed by atoms with Crippen LogP contribution in [-0.2, 0) is 18.0 Å². The molecule has 0 bridgehead atoms. The second kappa shape index (κ2) is 9.44. The van der Waals surface area contributed by atoms with Crippen molar-refractivity contribution in [1.29, 1.82) is 0 Å². The van der Waals surface area contributed by atoms with E-state index in [4.69, 9.17) is 9.72 Å². The Morgan fingerprint density at radius 3 is 2.71 bits per heavy atom. The Morgan fingerprint density at radius 2 is 1.91 bits per heavy atom. The predicted molar refractivity (Wildman–Crippen MR) is 142 cm³/mol. The largest absolute Gasteiger partial charge is 0.361 e. The zero-order chi connectivity index (χ0) is 23.8. The average Bonchev–Trinajstić information content (AvgIpc) is 3.36. The van der Waals surface area contributed by atoms with E-state index in [0.29, 0.717) is 6.73 Å². The summed E-state index contributed by atoms with van der Waals surface area (Å²) in [5, 5.41) is 1.14. The van der Waals surface area contributed by atoms with Crippen LogP contribution in [0.5, 0.6) is 0 Å². The SMILES string of the molecule is C[C@]12CN(Cc3ccccc3)C[C@H]1CCN(c1ncnc3c1ccn3COCC[Si](C)(C)C)C2. The Kier molecular flexibility index (Phi) is 6.53. The van der Waals surface area contributed by atoms with Crippen molar-refractivity contribution in [3.63, 3.8) is 0 Å². The third-order valence-electron chi connectivity index (χ3n) is 7.66. The molecule has 3 aromatic rings. The maximum atomic E-state index is 6.00. The van der Waals surface area contributed by atoms with Crippen molar-refractivity contribution >= 4 is 24.9 Å². The summed E-state index contributed by atoms with van der Waals surface area (Å²) < 4.78 is 8.12. The first-order chi connectivity index (χ1) is 16.3. The standard InChI is InChI=1S/C27H39N5OSi/c1-27-18-30(16-22-8-6-5-7-9-22)17-23(27)10-12-31(19-27)25-24-11-13-32(26(24)29-20-28-25)21-33-14-15-34(2,3)4/h5-9,11,13,20,23H,10,12,14-19,21H2,1-4H3/t23-,27-/m1/s1. The van der Waals surface area contributed by atoms with Gasteiger partial charge in [-0.05, 0) is 30.0 Å². The van der Waals surface area contributed by atoms with E-state index in [0.717, 1.165) is 55.6 Å². The summed E-state index contributed by atoms with van der Waals surface area (Å²) in [6.07, 6.45) is 5.04. The summed E-state index contributed by atoms with van der Waals surface area (Å²) in [6.45, 7) is 16.5. The lowest BCUT2D eigenvalue weighted by Crippen LogP contribution is -2.47. The number of rotatable bonds is 8. The van der Waals surface area contributed by atoms with Crippen LogP contribution in [0.3, 0.4) is 0 Å². The lowest BCUT2D eigenvalue weighted by Gasteiger charge is -2.42. The summed E-state index contributed by atoms with van der Waals surface area (Å²) in [5.41, 5.74) is 2.67. The number of hydrogen-bond donors (Lipinski definition) is 0. The second-order valence-corrected chi connectivity index (χ2v) is 17.4. The lowest BCUT2D eigenvalue weighted by molar-refractivity contribution is 0.0899. The molecule has 2 fully saturated rings. The van der Waals surface area contributed by atoms with Gasteiger partial charge in [0.25, 0.3) is 0 Å². The van der Waals surface area contributed by atoms with Crippen LogP contribution in [0.4, 0.5) is 5.82 Å². The number of nitrogens with zero attached hydrogens (tertiary/aromatic N) is 5. The maximum absolute atomic E-state index is 6.00. The number of hydrogen-bond acceptors (Lipinski definition) is 5. The van der Waals surface area contributed by atoms with Gasteiger partial charge in [0, 0.05) is 59.0 Å². The molecule has 2 saturated heterocycles. The number of ether oxygens (including phenoxy) is 1. The molecule has 5 rings (SSSR count). The van der Waals surface area contributed by atoms with Gasteiger partial charge in [-0.1, -0.05) is 56.9 Å². The van der Waals surface area contributed by atoms with Gasteiger partial charge in [0.1, 0.15) is 24.5 Å². The molecule has 0 spiro atoms. The van der Waals surface area contributed by atoms with Gasteiger partial charge in [-0.15, -0.1) is 0 Å². The fourth-order valence-electron chi connectivity index (χ4n) is 5.71. The molecule has 0 amide bonds. The van der Waals surface area contributed by atoms with Crippen molar-refractivity contribution in [1.82, 2.24) is 19.4 Å². The van der Waals surface area contributed by atoms with Crippen LogP contribution in [0.2, 0.25) is 25.7 Å². The van der Waals surface area contributed by atoms with Crippen molar-refractivity contribution in [3.05, 3.63) is 54.5 Å². The number of benzene rings is 1. The van der Waals surface area contributed by atoms with Crippen LogP contribution in [0.25, 0.3) is 11.0 Å². The van der Waals surface area contributed by atoms with Gasteiger partial charge >= 0.3 is 0 Å². The smallest absolute Gasteiger partial charge is 0.147 e. The normalized spacial score (nSPS) is 23.5. The molecular formula is C27H39N5OSi. The zero-order valence-electron chi connectivity index (χ0n) is 21.2. The highest BCUT2D eigenvalue weighted by Crippen LogP contribution is 2.43. The number of anilines is 1. The molecule has 1 aromatic carbocycles. The fraction of sp³-hybridized carbons (Fsp3) is 0.556. The minimum Gasteiger partial charge on any atom is -0.361 e. The van der Waals surface area contributed by atoms with E-state index in [9.17, 15) is 0 Å². The van der Waals surface area contributed by atoms with Crippen LogP contribution < -0.4 is 4.90 Å². The Balaban J connectivity index is 1.27. The molecule has 34 heavy (non-hydrogen) atoms. The van der Waals surface area contributed by atoms with Crippen molar-refractivity contribution in [3.8, 4) is 0 Å². The van der Waals surface area contributed by atoms with E-state index in [-0.39, 0.29) is 5.41 Å². The molecule has 2 aromatic heterocycles. The zero-order valence-corrected chi connectivity index (χ0v) is 22.2. The third kappa shape index (κ3) is 5.06. The van der Waals surface area contributed by atoms with E-state index >= 15 is 0 Å². The number of fused-ring (bicyclic) bond motifs is 2. The molecular weight excluding hydrogens is 438 g/mol. The van der Waals surface area contributed by atoms with Gasteiger partial charge < -0.3 is 14.2 Å². The van der Waals surface area contributed by atoms with Gasteiger partial charge in [0.05, 0.1) is 5.39 Å². The van der Waals surface area contributed by atoms with E-state index < -0.39 is 8.07 Å². The van der Waals surface area contributed by atoms with E-state index in [1.165, 1.54) is 24.6 Å². The van der Waals surface area contributed by atoms with E-state index in [1.54, 1.807) is 6.33 Å². The average molecular weight is 478 g/mol. The molecule has 4 heterocycles. The first kappa shape index (κ1) is 23.5. The van der Waals surface area contributed by atoms with Crippen LogP contribution in [0, 0.1) is 11.3 Å². The van der Waals surface area contributed by atoms with Crippen molar-refractivity contribution in [2.45, 2.75) is 52.3 Å². The molecule has 2 aliphatic heterocycles. The summed E-state index contributed by atoms with van der Waals surface area (Å²) in [6, 6.07) is 14.2. The summed E-state index contributed by atoms with van der Waals surface area (Å²) >= 11 is 0. The van der Waals surface area contributed by atoms with Gasteiger partial charge in [0.15, 0.2) is 0 Å². The Morgan fingerprint density at radius 1 is 1.09 bits per heavy atom. The van der Waals surface area contributed by atoms with E-state index in [2.05, 4.69) is 88.5 Å². The summed E-state index contributed by atoms with van der Waals surface area (Å²) in [7, 11) is -1.08. The molecule has 0 saturated carbocycles. The topological polar surface area (TPSA) is 46.4 Å². The van der Waals surface area contributed by atoms with Crippen molar-refractivity contribution in [2.24, 2.45) is 11.3 Å². The lowest BCUT2D eigenvalue weighted by atomic mass is 9.75. The number of likely N-dealkylation sites (tertiary alicyclic amines) is 1. The number of piperidine rings is 1. The molecule has 2 atom stereocenters. The molecule has 182 valence electrons. The van der Waals surface area contributed by atoms with Crippen LogP contribution in [-0.4, -0.2) is 60.3 Å². The van der Waals surface area contributed by atoms with Crippen molar-refractivity contribution < 1.29 is 4.74 Å². The molecule has 2 aliphatic rings. The minimum atomic E-state index is -1.08. The monoisotopic (exact) mass is 477 g/mol. The summed E-state index contributed by atoms with van der Waals surface area (Å²) in [5.74, 6) is 1.82. The number of aromatic nitrogens is 3. The predicted octanol–water partition coefficient (Wildman–Crippen LogP) is 5.09. The molecule has 0 unspecified atom stereocenters. The highest BCUT2D eigenvalue weighted by atomic mass is 28.3. The van der Waals surface area contributed by atoms with Crippen LogP contribution in [0.1, 0.15) is 18.9 Å². The van der Waals surface area contributed by atoms with Gasteiger partial charge in [0.2, 0.25) is 0 Å². The minimum absolute atomic E-state index is 0.285. The molecule has 0 N–H and O–H groups in total. The first-order valence-corrected chi connectivity index (χ1v) is 16.4. The quantitative estimate of drug-likeness (QED) is 0.334. The Bertz CT molecular complexity index is 1110. The maximum Gasteiger partial charge on any atom is 0.147 e. The first-order valence-electron chi connectivity index (χ1n) is 12.7. The Labute approximate surface area is 205 Å². The van der Waals surface area contributed by atoms with Crippen LogP contribution >= 0.6 is 0 Å². The van der Waals surface area contributed by atoms with Crippen molar-refractivity contribution in [2.75, 3.05) is 37.7 Å². The highest BCUT2D eigenvalue weighted by Gasteiger charge is 2.46. The molecule has 6 nitrogen and oxygen atoms in total. The Hall–Kier alpha value is -2.22. The molecule has 0 radical (unpaired) electrons. The summed E-state index contributed by atoms with van der Waals surface area (Å²) in [4.78, 5) is 14.5. The van der Waals surface area contributed by atoms with E-state index in [1.807, 2.05) is 0 Å². The highest BCUT2D eigenvalue weighted by molar-refractivity contribution is 6.76. The fourth-order valence-corrected chi connectivity index (χ4v) is 6.47.